The Hall–Kier alpha value is -2.81. The lowest BCUT2D eigenvalue weighted by Gasteiger charge is -2.39. The van der Waals surface area contributed by atoms with Gasteiger partial charge in [0.25, 0.3) is 0 Å². The summed E-state index contributed by atoms with van der Waals surface area (Å²) in [7, 11) is 0. The largest absolute Gasteiger partial charge is 0.457 e. The topological polar surface area (TPSA) is 61.8 Å². The van der Waals surface area contributed by atoms with Gasteiger partial charge in [0.2, 0.25) is 0 Å². The Kier molecular flexibility index (Phi) is 8.07. The number of anilines is 1. The number of rotatable bonds is 7. The first kappa shape index (κ1) is 25.8. The fourth-order valence-corrected chi connectivity index (χ4v) is 4.18. The van der Waals surface area contributed by atoms with Gasteiger partial charge in [-0.15, -0.1) is 0 Å². The van der Waals surface area contributed by atoms with Crippen LogP contribution in [-0.4, -0.2) is 34.7 Å². The summed E-state index contributed by atoms with van der Waals surface area (Å²) in [5, 5.41) is 13.4. The fourth-order valence-electron chi connectivity index (χ4n) is 4.18. The normalized spacial score (nSPS) is 15.9. The second kappa shape index (κ2) is 10.6. The Labute approximate surface area is 196 Å². The van der Waals surface area contributed by atoms with E-state index in [0.29, 0.717) is 38.3 Å². The fraction of sp³-hybridized carbons (Fsp3) is 0.480. The van der Waals surface area contributed by atoms with Crippen LogP contribution in [0.1, 0.15) is 51.5 Å². The number of halogens is 4. The van der Waals surface area contributed by atoms with E-state index >= 15 is 0 Å². The second-order valence-corrected chi connectivity index (χ2v) is 8.83. The zero-order valence-corrected chi connectivity index (χ0v) is 19.3. The lowest BCUT2D eigenvalue weighted by molar-refractivity contribution is -0.137. The first-order chi connectivity index (χ1) is 16.0. The molecule has 1 heterocycles. The number of alkyl halides is 3. The van der Waals surface area contributed by atoms with Gasteiger partial charge in [-0.05, 0) is 61.6 Å². The number of piperidine rings is 1. The highest BCUT2D eigenvalue weighted by molar-refractivity contribution is 5.89. The molecule has 0 radical (unpaired) electrons. The number of hydrogen-bond acceptors (Lipinski definition) is 3. The standard InChI is InChI=1S/C25H30F4N2O3/c1-3-17(4-2)16-24(33)9-11-31(12-10-24)23(32)30-20-13-18(25(27,28)29)14-22(15-20)34-21-7-5-19(26)6-8-21/h5-8,13-15,17,33H,3-4,9-12,16H2,1-2H3,(H,30,32). The van der Waals surface area contributed by atoms with Crippen molar-refractivity contribution in [1.82, 2.24) is 4.90 Å². The van der Waals surface area contributed by atoms with Crippen molar-refractivity contribution in [1.29, 1.82) is 0 Å². The van der Waals surface area contributed by atoms with Crippen molar-refractivity contribution in [3.8, 4) is 11.5 Å². The number of carbonyl (C=O) groups excluding carboxylic acids is 1. The molecule has 0 aromatic heterocycles. The van der Waals surface area contributed by atoms with Gasteiger partial charge in [-0.3, -0.25) is 0 Å². The summed E-state index contributed by atoms with van der Waals surface area (Å²) in [4.78, 5) is 14.2. The molecule has 1 fully saturated rings. The third-order valence-electron chi connectivity index (χ3n) is 6.34. The average Bonchev–Trinajstić information content (AvgIpc) is 2.78. The van der Waals surface area contributed by atoms with Crippen LogP contribution >= 0.6 is 0 Å². The highest BCUT2D eigenvalue weighted by Gasteiger charge is 2.36. The van der Waals surface area contributed by atoms with Gasteiger partial charge in [0.05, 0.1) is 11.2 Å². The van der Waals surface area contributed by atoms with E-state index in [2.05, 4.69) is 19.2 Å². The van der Waals surface area contributed by atoms with E-state index in [1.807, 2.05) is 0 Å². The third kappa shape index (κ3) is 6.85. The molecule has 5 nitrogen and oxygen atoms in total. The molecule has 0 unspecified atom stereocenters. The molecule has 3 rings (SSSR count). The molecule has 0 spiro atoms. The third-order valence-corrected chi connectivity index (χ3v) is 6.34. The number of likely N-dealkylation sites (tertiary alicyclic amines) is 1. The number of hydrogen-bond donors (Lipinski definition) is 2. The van der Waals surface area contributed by atoms with Crippen molar-refractivity contribution in [2.24, 2.45) is 5.92 Å². The Morgan fingerprint density at radius 1 is 1.09 bits per heavy atom. The van der Waals surface area contributed by atoms with E-state index in [1.54, 1.807) is 0 Å². The van der Waals surface area contributed by atoms with Crippen LogP contribution in [-0.2, 0) is 6.18 Å². The Morgan fingerprint density at radius 2 is 1.71 bits per heavy atom. The molecule has 1 aliphatic heterocycles. The molecule has 0 aliphatic carbocycles. The first-order valence-electron chi connectivity index (χ1n) is 11.5. The number of aliphatic hydroxyl groups is 1. The summed E-state index contributed by atoms with van der Waals surface area (Å²) in [6, 6.07) is 7.25. The summed E-state index contributed by atoms with van der Waals surface area (Å²) in [5.74, 6) is -0.0756. The van der Waals surface area contributed by atoms with Gasteiger partial charge in [0, 0.05) is 24.8 Å². The van der Waals surface area contributed by atoms with Gasteiger partial charge in [-0.1, -0.05) is 26.7 Å². The molecule has 2 aromatic rings. The Balaban J connectivity index is 1.70. The number of nitrogens with one attached hydrogen (secondary N) is 1. The second-order valence-electron chi connectivity index (χ2n) is 8.83. The van der Waals surface area contributed by atoms with Crippen molar-refractivity contribution in [2.45, 2.75) is 57.7 Å². The average molecular weight is 483 g/mol. The van der Waals surface area contributed by atoms with E-state index < -0.39 is 29.2 Å². The van der Waals surface area contributed by atoms with E-state index in [0.717, 1.165) is 37.1 Å². The number of amides is 2. The molecule has 0 saturated carbocycles. The summed E-state index contributed by atoms with van der Waals surface area (Å²) >= 11 is 0. The zero-order chi connectivity index (χ0) is 24.9. The van der Waals surface area contributed by atoms with Crippen LogP contribution in [0.15, 0.2) is 42.5 Å². The van der Waals surface area contributed by atoms with Crippen LogP contribution in [0.2, 0.25) is 0 Å². The van der Waals surface area contributed by atoms with Gasteiger partial charge >= 0.3 is 12.2 Å². The van der Waals surface area contributed by atoms with Crippen molar-refractivity contribution in [3.05, 3.63) is 53.8 Å². The molecule has 0 atom stereocenters. The highest BCUT2D eigenvalue weighted by Crippen LogP contribution is 2.36. The summed E-state index contributed by atoms with van der Waals surface area (Å²) < 4.78 is 58.8. The molecule has 186 valence electrons. The molecule has 0 bridgehead atoms. The molecular formula is C25H30F4N2O3. The van der Waals surface area contributed by atoms with Crippen LogP contribution < -0.4 is 10.1 Å². The number of ether oxygens (including phenoxy) is 1. The molecule has 1 aliphatic rings. The maximum Gasteiger partial charge on any atom is 0.416 e. The Bertz CT molecular complexity index is 967. The monoisotopic (exact) mass is 482 g/mol. The van der Waals surface area contributed by atoms with Crippen LogP contribution in [0.25, 0.3) is 0 Å². The van der Waals surface area contributed by atoms with Crippen molar-refractivity contribution in [2.75, 3.05) is 18.4 Å². The summed E-state index contributed by atoms with van der Waals surface area (Å²) in [5.41, 5.74) is -1.89. The Morgan fingerprint density at radius 3 is 2.26 bits per heavy atom. The van der Waals surface area contributed by atoms with Crippen molar-refractivity contribution >= 4 is 11.7 Å². The zero-order valence-electron chi connectivity index (χ0n) is 19.3. The molecule has 2 N–H and O–H groups in total. The van der Waals surface area contributed by atoms with Crippen LogP contribution in [0, 0.1) is 11.7 Å². The van der Waals surface area contributed by atoms with Crippen LogP contribution in [0.3, 0.4) is 0 Å². The number of carbonyl (C=O) groups is 1. The summed E-state index contributed by atoms with van der Waals surface area (Å²) in [6.07, 6.45) is -1.20. The molecular weight excluding hydrogens is 452 g/mol. The number of nitrogens with zero attached hydrogens (tertiary/aromatic N) is 1. The van der Waals surface area contributed by atoms with E-state index in [-0.39, 0.29) is 17.2 Å². The van der Waals surface area contributed by atoms with Gasteiger partial charge in [0.1, 0.15) is 17.3 Å². The maximum atomic E-state index is 13.4. The van der Waals surface area contributed by atoms with Gasteiger partial charge < -0.3 is 20.1 Å². The summed E-state index contributed by atoms with van der Waals surface area (Å²) in [6.45, 7) is 4.78. The lowest BCUT2D eigenvalue weighted by Crippen LogP contribution is -2.48. The molecule has 2 aromatic carbocycles. The van der Waals surface area contributed by atoms with E-state index in [4.69, 9.17) is 4.74 Å². The highest BCUT2D eigenvalue weighted by atomic mass is 19.4. The van der Waals surface area contributed by atoms with Gasteiger partial charge in [-0.25, -0.2) is 9.18 Å². The van der Waals surface area contributed by atoms with Crippen LogP contribution in [0.5, 0.6) is 11.5 Å². The van der Waals surface area contributed by atoms with Gasteiger partial charge in [0.15, 0.2) is 0 Å². The number of urea groups is 1. The predicted molar refractivity (Wildman–Crippen MR) is 121 cm³/mol. The van der Waals surface area contributed by atoms with E-state index in [9.17, 15) is 27.5 Å². The van der Waals surface area contributed by atoms with Crippen molar-refractivity contribution in [3.63, 3.8) is 0 Å². The minimum Gasteiger partial charge on any atom is -0.457 e. The minimum absolute atomic E-state index is 0.0743. The van der Waals surface area contributed by atoms with Crippen molar-refractivity contribution < 1.29 is 32.2 Å². The predicted octanol–water partition coefficient (Wildman–Crippen LogP) is 6.82. The lowest BCUT2D eigenvalue weighted by atomic mass is 9.81. The molecule has 1 saturated heterocycles. The molecule has 9 heteroatoms. The number of benzene rings is 2. The SMILES string of the molecule is CCC(CC)CC1(O)CCN(C(=O)Nc2cc(Oc3ccc(F)cc3)cc(C(F)(F)F)c2)CC1. The van der Waals surface area contributed by atoms with Crippen LogP contribution in [0.4, 0.5) is 28.0 Å². The quantitative estimate of drug-likeness (QED) is 0.426. The molecule has 2 amide bonds. The molecule has 34 heavy (non-hydrogen) atoms. The first-order valence-corrected chi connectivity index (χ1v) is 11.5. The van der Waals surface area contributed by atoms with E-state index in [1.165, 1.54) is 23.1 Å². The smallest absolute Gasteiger partial charge is 0.416 e. The minimum atomic E-state index is -4.65. The maximum absolute atomic E-state index is 13.4. The van der Waals surface area contributed by atoms with Gasteiger partial charge in [-0.2, -0.15) is 13.2 Å².